The van der Waals surface area contributed by atoms with E-state index in [-0.39, 0.29) is 35.9 Å². The van der Waals surface area contributed by atoms with E-state index in [2.05, 4.69) is 10.3 Å². The molecular formula is C13H16F2N4O2. The zero-order valence-electron chi connectivity index (χ0n) is 11.5. The Hall–Kier alpha value is -2.22. The average molecular weight is 298 g/mol. The van der Waals surface area contributed by atoms with Crippen LogP contribution in [0.25, 0.3) is 11.0 Å². The van der Waals surface area contributed by atoms with Gasteiger partial charge in [-0.3, -0.25) is 4.79 Å². The van der Waals surface area contributed by atoms with Gasteiger partial charge >= 0.3 is 0 Å². The molecule has 0 unspecified atom stereocenters. The molecule has 0 bridgehead atoms. The minimum Gasteiger partial charge on any atom is -0.383 e. The molecule has 0 saturated carbocycles. The van der Waals surface area contributed by atoms with Crippen LogP contribution < -0.4 is 11.1 Å². The number of carbonyl (C=O) groups is 1. The zero-order valence-corrected chi connectivity index (χ0v) is 11.5. The lowest BCUT2D eigenvalue weighted by Gasteiger charge is -2.07. The summed E-state index contributed by atoms with van der Waals surface area (Å²) in [6.07, 6.45) is 0.123. The molecule has 1 amide bonds. The Morgan fingerprint density at radius 1 is 1.48 bits per heavy atom. The number of rotatable bonds is 6. The normalized spacial score (nSPS) is 11.0. The van der Waals surface area contributed by atoms with Gasteiger partial charge in [0.2, 0.25) is 11.9 Å². The van der Waals surface area contributed by atoms with E-state index in [4.69, 9.17) is 10.5 Å². The van der Waals surface area contributed by atoms with E-state index in [0.29, 0.717) is 13.2 Å². The molecule has 2 aromatic rings. The van der Waals surface area contributed by atoms with Gasteiger partial charge in [0.15, 0.2) is 5.82 Å². The van der Waals surface area contributed by atoms with Gasteiger partial charge in [0, 0.05) is 38.8 Å². The number of nitrogens with one attached hydrogen (secondary N) is 1. The predicted molar refractivity (Wildman–Crippen MR) is 73.6 cm³/mol. The molecule has 0 aliphatic rings. The summed E-state index contributed by atoms with van der Waals surface area (Å²) in [5, 5.41) is 2.65. The number of anilines is 1. The molecule has 114 valence electrons. The number of benzene rings is 1. The molecule has 21 heavy (non-hydrogen) atoms. The Kier molecular flexibility index (Phi) is 4.69. The molecule has 0 radical (unpaired) electrons. The molecule has 1 heterocycles. The Morgan fingerprint density at radius 2 is 2.24 bits per heavy atom. The highest BCUT2D eigenvalue weighted by atomic mass is 19.1. The summed E-state index contributed by atoms with van der Waals surface area (Å²) in [7, 11) is 1.54. The zero-order chi connectivity index (χ0) is 15.4. The van der Waals surface area contributed by atoms with Gasteiger partial charge in [0.25, 0.3) is 0 Å². The van der Waals surface area contributed by atoms with Crippen LogP contribution in [-0.4, -0.2) is 35.7 Å². The van der Waals surface area contributed by atoms with E-state index in [1.54, 1.807) is 0 Å². The van der Waals surface area contributed by atoms with E-state index in [1.807, 2.05) is 0 Å². The monoisotopic (exact) mass is 298 g/mol. The van der Waals surface area contributed by atoms with Gasteiger partial charge in [-0.2, -0.15) is 0 Å². The van der Waals surface area contributed by atoms with Crippen molar-refractivity contribution in [2.75, 3.05) is 26.0 Å². The van der Waals surface area contributed by atoms with Crippen molar-refractivity contribution in [3.05, 3.63) is 23.8 Å². The third-order valence-electron chi connectivity index (χ3n) is 2.99. The van der Waals surface area contributed by atoms with Gasteiger partial charge in [-0.05, 0) is 0 Å². The van der Waals surface area contributed by atoms with Crippen molar-refractivity contribution in [3.63, 3.8) is 0 Å². The molecule has 0 spiro atoms. The van der Waals surface area contributed by atoms with Gasteiger partial charge in [0.05, 0.1) is 12.1 Å². The maximum Gasteiger partial charge on any atom is 0.221 e. The van der Waals surface area contributed by atoms with E-state index >= 15 is 0 Å². The minimum atomic E-state index is -0.778. The predicted octanol–water partition coefficient (Wildman–Crippen LogP) is 1.05. The maximum atomic E-state index is 13.6. The Labute approximate surface area is 119 Å². The summed E-state index contributed by atoms with van der Waals surface area (Å²) in [5.74, 6) is -1.66. The molecule has 3 N–H and O–H groups in total. The summed E-state index contributed by atoms with van der Waals surface area (Å²) in [4.78, 5) is 15.5. The van der Waals surface area contributed by atoms with Crippen LogP contribution in [0.15, 0.2) is 12.1 Å². The summed E-state index contributed by atoms with van der Waals surface area (Å²) >= 11 is 0. The summed E-state index contributed by atoms with van der Waals surface area (Å²) in [5.41, 5.74) is 5.92. The number of nitrogens with zero attached hydrogens (tertiary/aromatic N) is 2. The van der Waals surface area contributed by atoms with E-state index in [0.717, 1.165) is 12.1 Å². The minimum absolute atomic E-state index is 0.00584. The number of aromatic nitrogens is 2. The molecule has 6 nitrogen and oxygen atoms in total. The molecule has 0 aliphatic carbocycles. The van der Waals surface area contributed by atoms with Crippen molar-refractivity contribution in [3.8, 4) is 0 Å². The number of carbonyl (C=O) groups excluding carboxylic acids is 1. The lowest BCUT2D eigenvalue weighted by Crippen LogP contribution is -2.27. The van der Waals surface area contributed by atoms with Gasteiger partial charge < -0.3 is 20.4 Å². The maximum absolute atomic E-state index is 13.6. The smallest absolute Gasteiger partial charge is 0.221 e. The van der Waals surface area contributed by atoms with Crippen molar-refractivity contribution in [2.45, 2.75) is 13.0 Å². The fourth-order valence-corrected chi connectivity index (χ4v) is 2.00. The molecule has 1 aromatic heterocycles. The van der Waals surface area contributed by atoms with E-state index in [9.17, 15) is 13.6 Å². The fourth-order valence-electron chi connectivity index (χ4n) is 2.00. The van der Waals surface area contributed by atoms with Crippen LogP contribution in [0.2, 0.25) is 0 Å². The van der Waals surface area contributed by atoms with E-state index < -0.39 is 11.6 Å². The highest BCUT2D eigenvalue weighted by molar-refractivity contribution is 5.80. The van der Waals surface area contributed by atoms with Crippen molar-refractivity contribution in [2.24, 2.45) is 0 Å². The third kappa shape index (κ3) is 3.46. The molecule has 8 heteroatoms. The number of fused-ring (bicyclic) bond motifs is 1. The molecule has 0 atom stereocenters. The van der Waals surface area contributed by atoms with Gasteiger partial charge in [0.1, 0.15) is 11.3 Å². The number of imidazole rings is 1. The van der Waals surface area contributed by atoms with Crippen LogP contribution in [0.5, 0.6) is 0 Å². The number of aryl methyl sites for hydroxylation is 1. The molecule has 0 aliphatic heterocycles. The second-order valence-electron chi connectivity index (χ2n) is 4.47. The largest absolute Gasteiger partial charge is 0.383 e. The first kappa shape index (κ1) is 15.2. The molecule has 0 fully saturated rings. The Morgan fingerprint density at radius 3 is 2.95 bits per heavy atom. The van der Waals surface area contributed by atoms with Crippen LogP contribution in [-0.2, 0) is 16.1 Å². The second-order valence-corrected chi connectivity index (χ2v) is 4.47. The summed E-state index contributed by atoms with van der Waals surface area (Å²) in [6, 6.07) is 1.89. The number of hydrogen-bond acceptors (Lipinski definition) is 4. The molecule has 2 rings (SSSR count). The van der Waals surface area contributed by atoms with Gasteiger partial charge in [-0.25, -0.2) is 13.8 Å². The fraction of sp³-hybridized carbons (Fsp3) is 0.385. The number of hydrogen-bond donors (Lipinski definition) is 2. The molecule has 0 saturated heterocycles. The quantitative estimate of drug-likeness (QED) is 0.781. The third-order valence-corrected chi connectivity index (χ3v) is 2.99. The highest BCUT2D eigenvalue weighted by Crippen LogP contribution is 2.22. The van der Waals surface area contributed by atoms with Gasteiger partial charge in [-0.1, -0.05) is 0 Å². The number of nitrogen functional groups attached to an aromatic ring is 1. The van der Waals surface area contributed by atoms with Crippen LogP contribution in [0.3, 0.4) is 0 Å². The topological polar surface area (TPSA) is 82.2 Å². The molecular weight excluding hydrogens is 282 g/mol. The first-order valence-corrected chi connectivity index (χ1v) is 6.39. The lowest BCUT2D eigenvalue weighted by atomic mass is 10.3. The SMILES string of the molecule is COCCNC(=O)CCn1c(N)nc2c(F)cc(F)cc21. The van der Waals surface area contributed by atoms with Gasteiger partial charge in [-0.15, -0.1) is 0 Å². The highest BCUT2D eigenvalue weighted by Gasteiger charge is 2.14. The van der Waals surface area contributed by atoms with Crippen LogP contribution in [0.4, 0.5) is 14.7 Å². The number of halogens is 2. The number of ether oxygens (including phenoxy) is 1. The van der Waals surface area contributed by atoms with Crippen LogP contribution >= 0.6 is 0 Å². The van der Waals surface area contributed by atoms with Crippen molar-refractivity contribution in [1.82, 2.24) is 14.9 Å². The standard InChI is InChI=1S/C13H16F2N4O2/c1-21-5-3-17-11(20)2-4-19-10-7-8(14)6-9(15)12(10)18-13(19)16/h6-7H,2-5H2,1H3,(H2,16,18)(H,17,20). The Balaban J connectivity index is 2.11. The van der Waals surface area contributed by atoms with Crippen molar-refractivity contribution in [1.29, 1.82) is 0 Å². The lowest BCUT2D eigenvalue weighted by molar-refractivity contribution is -0.121. The first-order chi connectivity index (χ1) is 10.0. The second kappa shape index (κ2) is 6.49. The first-order valence-electron chi connectivity index (χ1n) is 6.39. The Bertz CT molecular complexity index is 657. The van der Waals surface area contributed by atoms with Crippen molar-refractivity contribution < 1.29 is 18.3 Å². The summed E-state index contributed by atoms with van der Waals surface area (Å²) < 4.78 is 33.1. The molecule has 1 aromatic carbocycles. The van der Waals surface area contributed by atoms with Crippen LogP contribution in [0.1, 0.15) is 6.42 Å². The average Bonchev–Trinajstić information content (AvgIpc) is 2.73. The van der Waals surface area contributed by atoms with Crippen LogP contribution in [0, 0.1) is 11.6 Å². The number of amides is 1. The van der Waals surface area contributed by atoms with E-state index in [1.165, 1.54) is 11.7 Å². The number of nitrogens with two attached hydrogens (primary N) is 1. The van der Waals surface area contributed by atoms with Crippen molar-refractivity contribution >= 4 is 22.9 Å². The summed E-state index contributed by atoms with van der Waals surface area (Å²) in [6.45, 7) is 1.00. The number of methoxy groups -OCH3 is 1.